The van der Waals surface area contributed by atoms with Crippen molar-refractivity contribution in [3.63, 3.8) is 0 Å². The summed E-state index contributed by atoms with van der Waals surface area (Å²) in [4.78, 5) is 0. The van der Waals surface area contributed by atoms with Crippen molar-refractivity contribution in [3.05, 3.63) is 12.2 Å². The van der Waals surface area contributed by atoms with Crippen LogP contribution in [0.2, 0.25) is 61.4 Å². The number of hydrogen-bond donors (Lipinski definition) is 0. The van der Waals surface area contributed by atoms with Gasteiger partial charge in [-0.05, 0) is 103 Å². The molecule has 57 heavy (non-hydrogen) atoms. The standard InChI is InChI=1S/C39H84O10Si8/c1-30(2)23-50-40-53(25-32(5)6)41-51(24-31(3)4)43-55(27-34(9)10)47-56(28-35(11)12,44-52(15,16)20-19-39-22-37-17-18-38(39)21-37)46-54(42-50,26-33(7)8)48-57(45-53,49-55)29-36(13)14/h17-18,30-39,50-51H,19-29H2,1-16H3. The van der Waals surface area contributed by atoms with E-state index < -0.39 is 70.9 Å². The summed E-state index contributed by atoms with van der Waals surface area (Å²) >= 11 is 0. The molecule has 3 heterocycles. The van der Waals surface area contributed by atoms with Gasteiger partial charge >= 0.3 is 62.6 Å². The highest BCUT2D eigenvalue weighted by Crippen LogP contribution is 2.50. The van der Waals surface area contributed by atoms with Crippen LogP contribution in [0.3, 0.4) is 0 Å². The predicted octanol–water partition coefficient (Wildman–Crippen LogP) is 10.7. The maximum atomic E-state index is 7.99. The zero-order valence-corrected chi connectivity index (χ0v) is 47.3. The average Bonchev–Trinajstić information content (AvgIpc) is 3.58. The molecule has 0 N–H and O–H groups in total. The Morgan fingerprint density at radius 1 is 0.526 bits per heavy atom. The molecule has 7 unspecified atom stereocenters. The van der Waals surface area contributed by atoms with Crippen molar-refractivity contribution in [2.45, 2.75) is 178 Å². The van der Waals surface area contributed by atoms with Crippen molar-refractivity contribution in [1.82, 2.24) is 0 Å². The summed E-state index contributed by atoms with van der Waals surface area (Å²) < 4.78 is 77.8. The molecule has 5 aliphatic rings. The minimum absolute atomic E-state index is 0.200. The molecule has 3 saturated heterocycles. The monoisotopic (exact) mass is 936 g/mol. The summed E-state index contributed by atoms with van der Waals surface area (Å²) in [5.74, 6) is 4.01. The van der Waals surface area contributed by atoms with Crippen molar-refractivity contribution in [2.75, 3.05) is 0 Å². The molecular formula is C39H84O10Si8. The largest absolute Gasteiger partial charge is 0.479 e. The Morgan fingerprint density at radius 2 is 0.947 bits per heavy atom. The second kappa shape index (κ2) is 19.4. The van der Waals surface area contributed by atoms with Crippen LogP contribution < -0.4 is 0 Å². The fraction of sp³-hybridized carbons (Fsp3) is 0.949. The Morgan fingerprint density at radius 3 is 1.35 bits per heavy atom. The summed E-state index contributed by atoms with van der Waals surface area (Å²) in [6.07, 6.45) is 8.73. The lowest BCUT2D eigenvalue weighted by Gasteiger charge is -2.57. The van der Waals surface area contributed by atoms with Crippen LogP contribution in [-0.4, -0.2) is 70.9 Å². The Kier molecular flexibility index (Phi) is 16.7. The van der Waals surface area contributed by atoms with Gasteiger partial charge in [-0.15, -0.1) is 0 Å². The van der Waals surface area contributed by atoms with Crippen molar-refractivity contribution in [3.8, 4) is 0 Å². The first kappa shape index (κ1) is 49.1. The molecule has 2 aliphatic carbocycles. The van der Waals surface area contributed by atoms with Crippen LogP contribution >= 0.6 is 0 Å². The van der Waals surface area contributed by atoms with Gasteiger partial charge in [-0.3, -0.25) is 0 Å². The van der Waals surface area contributed by atoms with Gasteiger partial charge in [0.25, 0.3) is 0 Å². The van der Waals surface area contributed by atoms with E-state index in [1.807, 2.05) is 0 Å². The lowest BCUT2D eigenvalue weighted by atomic mass is 9.91. The highest BCUT2D eigenvalue weighted by molar-refractivity contribution is 6.97. The minimum atomic E-state index is -3.76. The molecule has 332 valence electrons. The van der Waals surface area contributed by atoms with E-state index >= 15 is 0 Å². The quantitative estimate of drug-likeness (QED) is 0.0921. The van der Waals surface area contributed by atoms with E-state index in [2.05, 4.69) is 122 Å². The van der Waals surface area contributed by atoms with Crippen LogP contribution in [0.1, 0.15) is 116 Å². The van der Waals surface area contributed by atoms with Crippen LogP contribution in [0.25, 0.3) is 0 Å². The summed E-state index contributed by atoms with van der Waals surface area (Å²) in [5.41, 5.74) is 0. The van der Waals surface area contributed by atoms with Gasteiger partial charge in [0.2, 0.25) is 0 Å². The smallest absolute Gasteiger partial charge is 0.416 e. The fourth-order valence-corrected chi connectivity index (χ4v) is 53.8. The van der Waals surface area contributed by atoms with Gasteiger partial charge in [0.15, 0.2) is 8.32 Å². The lowest BCUT2D eigenvalue weighted by Crippen LogP contribution is -2.80. The van der Waals surface area contributed by atoms with Crippen molar-refractivity contribution >= 4 is 70.9 Å². The molecule has 1 saturated carbocycles. The zero-order valence-electron chi connectivity index (χ0n) is 38.9. The van der Waals surface area contributed by atoms with Gasteiger partial charge < -0.3 is 41.2 Å². The van der Waals surface area contributed by atoms with E-state index in [9.17, 15) is 0 Å². The van der Waals surface area contributed by atoms with Crippen LogP contribution in [0, 0.1) is 59.2 Å². The van der Waals surface area contributed by atoms with E-state index in [1.54, 1.807) is 0 Å². The molecule has 0 aromatic rings. The molecule has 6 bridgehead atoms. The molecule has 0 aromatic carbocycles. The van der Waals surface area contributed by atoms with E-state index in [0.29, 0.717) is 48.0 Å². The zero-order chi connectivity index (χ0) is 42.2. The van der Waals surface area contributed by atoms with E-state index in [-0.39, 0.29) is 29.6 Å². The van der Waals surface area contributed by atoms with Crippen LogP contribution in [-0.2, 0) is 41.2 Å². The second-order valence-corrected chi connectivity index (χ2v) is 46.2. The first-order valence-electron chi connectivity index (χ1n) is 23.0. The number of rotatable bonds is 19. The Balaban J connectivity index is 1.75. The van der Waals surface area contributed by atoms with Crippen molar-refractivity contribution < 1.29 is 41.2 Å². The van der Waals surface area contributed by atoms with Crippen molar-refractivity contribution in [2.24, 2.45) is 59.2 Å². The summed E-state index contributed by atoms with van der Waals surface area (Å²) in [5, 5.41) is 0. The molecular weight excluding hydrogens is 853 g/mol. The number of hydrogen-bond acceptors (Lipinski definition) is 10. The fourth-order valence-electron chi connectivity index (χ4n) is 9.72. The molecule has 3 aliphatic heterocycles. The molecule has 0 radical (unpaired) electrons. The predicted molar refractivity (Wildman–Crippen MR) is 247 cm³/mol. The molecule has 0 spiro atoms. The highest BCUT2D eigenvalue weighted by atomic mass is 28.6. The first-order chi connectivity index (χ1) is 26.4. The third-order valence-electron chi connectivity index (χ3n) is 11.4. The highest BCUT2D eigenvalue weighted by Gasteiger charge is 2.74. The lowest BCUT2D eigenvalue weighted by molar-refractivity contribution is 0.0333. The minimum Gasteiger partial charge on any atom is -0.416 e. The van der Waals surface area contributed by atoms with Crippen LogP contribution in [0.4, 0.5) is 0 Å². The van der Waals surface area contributed by atoms with E-state index in [4.69, 9.17) is 41.2 Å². The van der Waals surface area contributed by atoms with Crippen molar-refractivity contribution in [1.29, 1.82) is 0 Å². The topological polar surface area (TPSA) is 92.3 Å². The normalized spacial score (nSPS) is 38.6. The molecule has 0 amide bonds. The molecule has 10 nitrogen and oxygen atoms in total. The maximum absolute atomic E-state index is 7.99. The number of allylic oxidation sites excluding steroid dienone is 2. The van der Waals surface area contributed by atoms with E-state index in [1.165, 1.54) is 19.3 Å². The van der Waals surface area contributed by atoms with Gasteiger partial charge in [-0.25, -0.2) is 0 Å². The molecule has 18 heteroatoms. The van der Waals surface area contributed by atoms with Gasteiger partial charge in [0, 0.05) is 30.2 Å². The van der Waals surface area contributed by atoms with Crippen LogP contribution in [0.15, 0.2) is 12.2 Å². The molecule has 7 atom stereocenters. The average molecular weight is 938 g/mol. The van der Waals surface area contributed by atoms with Gasteiger partial charge in [0.1, 0.15) is 0 Å². The number of fused-ring (bicyclic) bond motifs is 5. The molecule has 0 aromatic heterocycles. The summed E-state index contributed by atoms with van der Waals surface area (Å²) in [6, 6.07) is 5.74. The third kappa shape index (κ3) is 13.5. The Hall–Kier alpha value is 1.08. The first-order valence-corrected chi connectivity index (χ1v) is 39.3. The Bertz CT molecular complexity index is 1290. The van der Waals surface area contributed by atoms with Gasteiger partial charge in [0.05, 0.1) is 0 Å². The summed E-state index contributed by atoms with van der Waals surface area (Å²) in [6.45, 7) is 36.2. The van der Waals surface area contributed by atoms with Crippen LogP contribution in [0.5, 0.6) is 0 Å². The maximum Gasteiger partial charge on any atom is 0.479 e. The third-order valence-corrected chi connectivity index (χ3v) is 48.0. The summed E-state index contributed by atoms with van der Waals surface area (Å²) in [7, 11) is -25.9. The van der Waals surface area contributed by atoms with E-state index in [0.717, 1.165) is 30.0 Å². The molecule has 4 fully saturated rings. The van der Waals surface area contributed by atoms with Gasteiger partial charge in [-0.1, -0.05) is 116 Å². The second-order valence-electron chi connectivity index (χ2n) is 21.9. The Labute approximate surface area is 359 Å². The molecule has 5 rings (SSSR count). The SMILES string of the molecule is CC(C)C[SiH]1O[Si]2(CC(C)C)O[SiH](CC(C)C)O[Si]3(CC(C)C)O[Si](CC(C)C)(O[Si](C)(C)CCC4CC5C=CC4C5)O[Si](CC(C)C)(O1)O[Si](CC(C)C)(O2)O3. The van der Waals surface area contributed by atoms with Gasteiger partial charge in [-0.2, -0.15) is 0 Å².